The van der Waals surface area contributed by atoms with Gasteiger partial charge in [-0.15, -0.1) is 11.3 Å². The zero-order chi connectivity index (χ0) is 15.4. The highest BCUT2D eigenvalue weighted by Gasteiger charge is 2.10. The highest BCUT2D eigenvalue weighted by Crippen LogP contribution is 2.22. The first-order valence-electron chi connectivity index (χ1n) is 6.25. The van der Waals surface area contributed by atoms with Crippen LogP contribution in [0.1, 0.15) is 20.8 Å². The van der Waals surface area contributed by atoms with Gasteiger partial charge >= 0.3 is 0 Å². The van der Waals surface area contributed by atoms with E-state index in [2.05, 4.69) is 10.3 Å². The maximum absolute atomic E-state index is 11.7. The number of hydrogen-bond acceptors (Lipinski definition) is 6. The lowest BCUT2D eigenvalue weighted by Crippen LogP contribution is -2.27. The van der Waals surface area contributed by atoms with Crippen LogP contribution in [0.2, 0.25) is 0 Å². The van der Waals surface area contributed by atoms with Crippen LogP contribution in [0.4, 0.5) is 5.69 Å². The third kappa shape index (κ3) is 3.39. The van der Waals surface area contributed by atoms with Crippen molar-refractivity contribution >= 4 is 28.6 Å². The number of benzene rings is 1. The van der Waals surface area contributed by atoms with Crippen molar-refractivity contribution in [2.75, 3.05) is 12.1 Å². The molecular formula is C14H17N5OS. The summed E-state index contributed by atoms with van der Waals surface area (Å²) in [4.78, 5) is 16.5. The van der Waals surface area contributed by atoms with Gasteiger partial charge in [-0.3, -0.25) is 14.8 Å². The van der Waals surface area contributed by atoms with E-state index in [1.54, 1.807) is 37.1 Å². The minimum Gasteiger partial charge on any atom is -0.396 e. The maximum Gasteiger partial charge on any atom is 0.251 e. The normalized spacial score (nSPS) is 11.3. The minimum atomic E-state index is -0.163. The zero-order valence-corrected chi connectivity index (χ0v) is 12.6. The zero-order valence-electron chi connectivity index (χ0n) is 11.8. The van der Waals surface area contributed by atoms with Crippen LogP contribution in [0.15, 0.2) is 36.1 Å². The summed E-state index contributed by atoms with van der Waals surface area (Å²) in [5.41, 5.74) is 10.4. The molecule has 5 N–H and O–H groups in total. The molecule has 21 heavy (non-hydrogen) atoms. The Morgan fingerprint density at radius 2 is 2.24 bits per heavy atom. The predicted octanol–water partition coefficient (Wildman–Crippen LogP) is 1.45. The van der Waals surface area contributed by atoms with E-state index >= 15 is 0 Å². The van der Waals surface area contributed by atoms with Crippen LogP contribution in [0.3, 0.4) is 0 Å². The number of nitrogens with zero attached hydrogens (tertiary/aromatic N) is 2. The molecule has 0 saturated carbocycles. The predicted molar refractivity (Wildman–Crippen MR) is 85.5 cm³/mol. The summed E-state index contributed by atoms with van der Waals surface area (Å²) in [5.74, 6) is 5.88. The number of nitrogens with one attached hydrogen (secondary N) is 1. The Hall–Kier alpha value is -2.38. The molecule has 0 fully saturated rings. The van der Waals surface area contributed by atoms with E-state index in [4.69, 9.17) is 11.6 Å². The molecule has 0 saturated heterocycles. The molecule has 2 aromatic rings. The molecule has 0 unspecified atom stereocenters. The largest absolute Gasteiger partial charge is 0.396 e. The summed E-state index contributed by atoms with van der Waals surface area (Å²) >= 11 is 1.43. The molecular weight excluding hydrogens is 286 g/mol. The van der Waals surface area contributed by atoms with E-state index in [1.807, 2.05) is 13.0 Å². The third-order valence-electron chi connectivity index (χ3n) is 2.97. The van der Waals surface area contributed by atoms with Crippen molar-refractivity contribution in [2.45, 2.75) is 6.92 Å². The SMILES string of the molecule is CNC(=O)c1ccc(C)c(N(N)/C=C(\N)c2cncs2)c1. The Bertz CT molecular complexity index is 666. The summed E-state index contributed by atoms with van der Waals surface area (Å²) in [6, 6.07) is 5.32. The van der Waals surface area contributed by atoms with Crippen molar-refractivity contribution in [3.8, 4) is 0 Å². The van der Waals surface area contributed by atoms with Gasteiger partial charge in [-0.05, 0) is 24.6 Å². The molecule has 6 nitrogen and oxygen atoms in total. The van der Waals surface area contributed by atoms with Crippen LogP contribution < -0.4 is 21.9 Å². The lowest BCUT2D eigenvalue weighted by molar-refractivity contribution is 0.0963. The summed E-state index contributed by atoms with van der Waals surface area (Å²) in [6.45, 7) is 1.92. The number of carbonyl (C=O) groups excluding carboxylic acids is 1. The Labute approximate surface area is 127 Å². The number of hydrazine groups is 1. The molecule has 0 aliphatic carbocycles. The molecule has 7 heteroatoms. The summed E-state index contributed by atoms with van der Waals surface area (Å²) in [5, 5.41) is 4.00. The number of carbonyl (C=O) groups is 1. The van der Waals surface area contributed by atoms with Crippen molar-refractivity contribution in [1.29, 1.82) is 0 Å². The number of thiazole rings is 1. The van der Waals surface area contributed by atoms with Crippen molar-refractivity contribution in [3.05, 3.63) is 52.1 Å². The van der Waals surface area contributed by atoms with Gasteiger partial charge in [-0.1, -0.05) is 6.07 Å². The van der Waals surface area contributed by atoms with Gasteiger partial charge in [0.05, 0.1) is 21.8 Å². The van der Waals surface area contributed by atoms with E-state index in [-0.39, 0.29) is 5.91 Å². The second kappa shape index (κ2) is 6.38. The number of hydrogen-bond donors (Lipinski definition) is 3. The van der Waals surface area contributed by atoms with Crippen molar-refractivity contribution in [3.63, 3.8) is 0 Å². The van der Waals surface area contributed by atoms with Gasteiger partial charge in [0.1, 0.15) is 0 Å². The molecule has 0 atom stereocenters. The Morgan fingerprint density at radius 3 is 2.86 bits per heavy atom. The maximum atomic E-state index is 11.7. The number of anilines is 1. The van der Waals surface area contributed by atoms with Gasteiger partial charge in [0.2, 0.25) is 0 Å². The second-order valence-electron chi connectivity index (χ2n) is 4.44. The number of amides is 1. The fourth-order valence-corrected chi connectivity index (χ4v) is 2.36. The van der Waals surface area contributed by atoms with E-state index < -0.39 is 0 Å². The van der Waals surface area contributed by atoms with E-state index in [0.717, 1.165) is 10.4 Å². The molecule has 1 aromatic heterocycles. The lowest BCUT2D eigenvalue weighted by atomic mass is 10.1. The summed E-state index contributed by atoms with van der Waals surface area (Å²) in [7, 11) is 1.59. The first-order chi connectivity index (χ1) is 10.0. The van der Waals surface area contributed by atoms with Crippen molar-refractivity contribution in [1.82, 2.24) is 10.3 Å². The second-order valence-corrected chi connectivity index (χ2v) is 5.32. The highest BCUT2D eigenvalue weighted by atomic mass is 32.1. The van der Waals surface area contributed by atoms with Gasteiger partial charge in [-0.2, -0.15) is 0 Å². The first-order valence-corrected chi connectivity index (χ1v) is 7.13. The van der Waals surface area contributed by atoms with Gasteiger partial charge in [0.25, 0.3) is 5.91 Å². The fraction of sp³-hybridized carbons (Fsp3) is 0.143. The lowest BCUT2D eigenvalue weighted by Gasteiger charge is -2.18. The van der Waals surface area contributed by atoms with Crippen molar-refractivity contribution in [2.24, 2.45) is 11.6 Å². The van der Waals surface area contributed by atoms with Crippen LogP contribution in [-0.4, -0.2) is 17.9 Å². The van der Waals surface area contributed by atoms with E-state index in [9.17, 15) is 4.79 Å². The molecule has 0 aliphatic rings. The number of aromatic nitrogens is 1. The van der Waals surface area contributed by atoms with Gasteiger partial charge in [0, 0.05) is 25.0 Å². The van der Waals surface area contributed by atoms with Gasteiger partial charge in [0.15, 0.2) is 0 Å². The smallest absolute Gasteiger partial charge is 0.251 e. The third-order valence-corrected chi connectivity index (χ3v) is 3.79. The number of rotatable bonds is 4. The molecule has 2 rings (SSSR count). The van der Waals surface area contributed by atoms with Gasteiger partial charge in [-0.25, -0.2) is 5.84 Å². The van der Waals surface area contributed by atoms with Crippen LogP contribution in [-0.2, 0) is 0 Å². The van der Waals surface area contributed by atoms with Crippen molar-refractivity contribution < 1.29 is 4.79 Å². The average molecular weight is 303 g/mol. The number of nitrogens with two attached hydrogens (primary N) is 2. The van der Waals surface area contributed by atoms with Gasteiger partial charge < -0.3 is 11.1 Å². The first kappa shape index (κ1) is 15.0. The molecule has 0 aliphatic heterocycles. The highest BCUT2D eigenvalue weighted by molar-refractivity contribution is 7.10. The Balaban J connectivity index is 2.32. The fourth-order valence-electron chi connectivity index (χ4n) is 1.81. The van der Waals surface area contributed by atoms with Crippen LogP contribution in [0.5, 0.6) is 0 Å². The molecule has 1 amide bonds. The van der Waals surface area contributed by atoms with Crippen LogP contribution >= 0.6 is 11.3 Å². The quantitative estimate of drug-likeness (QED) is 0.586. The average Bonchev–Trinajstić information content (AvgIpc) is 3.01. The minimum absolute atomic E-state index is 0.163. The molecule has 1 heterocycles. The molecule has 0 bridgehead atoms. The Morgan fingerprint density at radius 1 is 1.48 bits per heavy atom. The molecule has 1 aromatic carbocycles. The standard InChI is InChI=1S/C14H17N5OS/c1-9-3-4-10(14(20)17-2)5-12(9)19(16)7-11(15)13-6-18-8-21-13/h3-8H,15-16H2,1-2H3,(H,17,20)/b11-7-. The van der Waals surface area contributed by atoms with Crippen LogP contribution in [0.25, 0.3) is 5.70 Å². The molecule has 110 valence electrons. The molecule has 0 radical (unpaired) electrons. The Kier molecular flexibility index (Phi) is 4.56. The van der Waals surface area contributed by atoms with E-state index in [1.165, 1.54) is 16.3 Å². The monoisotopic (exact) mass is 303 g/mol. The summed E-state index contributed by atoms with van der Waals surface area (Å²) < 4.78 is 0. The topological polar surface area (TPSA) is 97.3 Å². The molecule has 0 spiro atoms. The van der Waals surface area contributed by atoms with Crippen LogP contribution in [0, 0.1) is 6.92 Å². The van der Waals surface area contributed by atoms with E-state index in [0.29, 0.717) is 16.9 Å². The summed E-state index contributed by atoms with van der Waals surface area (Å²) in [6.07, 6.45) is 3.29. The number of aryl methyl sites for hydroxylation is 1.